The molecule has 0 atom stereocenters. The van der Waals surface area contributed by atoms with E-state index < -0.39 is 0 Å². The van der Waals surface area contributed by atoms with Crippen LogP contribution >= 0.6 is 11.3 Å². The van der Waals surface area contributed by atoms with Crippen molar-refractivity contribution in [3.8, 4) is 16.5 Å². The van der Waals surface area contributed by atoms with Gasteiger partial charge in [0.2, 0.25) is 0 Å². The van der Waals surface area contributed by atoms with Crippen molar-refractivity contribution < 1.29 is 13.9 Å². The Kier molecular flexibility index (Phi) is 4.37. The molecule has 0 unspecified atom stereocenters. The average molecular weight is 379 g/mol. The third-order valence-corrected chi connectivity index (χ3v) is 5.33. The number of carbonyl (C=O) groups excluding carboxylic acids is 1. The van der Waals surface area contributed by atoms with Crippen LogP contribution < -0.4 is 10.1 Å². The standard InChI is InChI=1S/C20H17N3O3S/c1-11-6-8-16(26-11)20-22-12(2)18(27-20)19(24)23-14-7-9-15(25-3)17-13(14)5-4-10-21-17/h4-10H,1-3H3,(H,23,24). The zero-order chi connectivity index (χ0) is 19.0. The number of nitrogens with one attached hydrogen (secondary N) is 1. The second-order valence-corrected chi connectivity index (χ2v) is 7.01. The summed E-state index contributed by atoms with van der Waals surface area (Å²) in [5, 5.41) is 4.47. The van der Waals surface area contributed by atoms with Crippen molar-refractivity contribution in [3.05, 3.63) is 58.9 Å². The maximum atomic E-state index is 12.9. The van der Waals surface area contributed by atoms with Crippen molar-refractivity contribution in [2.24, 2.45) is 0 Å². The zero-order valence-electron chi connectivity index (χ0n) is 15.1. The molecule has 0 aliphatic carbocycles. The largest absolute Gasteiger partial charge is 0.494 e. The highest BCUT2D eigenvalue weighted by molar-refractivity contribution is 7.17. The fourth-order valence-corrected chi connectivity index (χ4v) is 3.78. The molecule has 0 bridgehead atoms. The highest BCUT2D eigenvalue weighted by Crippen LogP contribution is 2.32. The van der Waals surface area contributed by atoms with Gasteiger partial charge in [-0.3, -0.25) is 9.78 Å². The summed E-state index contributed by atoms with van der Waals surface area (Å²) in [7, 11) is 1.60. The summed E-state index contributed by atoms with van der Waals surface area (Å²) in [6, 6.07) is 11.1. The first-order valence-corrected chi connectivity index (χ1v) is 9.16. The fourth-order valence-electron chi connectivity index (χ4n) is 2.86. The number of methoxy groups -OCH3 is 1. The van der Waals surface area contributed by atoms with Crippen LogP contribution in [0.2, 0.25) is 0 Å². The maximum absolute atomic E-state index is 12.9. The molecule has 4 aromatic rings. The Labute approximate surface area is 159 Å². The van der Waals surface area contributed by atoms with Gasteiger partial charge in [-0.05, 0) is 50.2 Å². The molecule has 27 heavy (non-hydrogen) atoms. The number of furan rings is 1. The minimum absolute atomic E-state index is 0.213. The van der Waals surface area contributed by atoms with Crippen LogP contribution in [-0.4, -0.2) is 23.0 Å². The second-order valence-electron chi connectivity index (χ2n) is 6.01. The number of hydrogen-bond donors (Lipinski definition) is 1. The summed E-state index contributed by atoms with van der Waals surface area (Å²) in [5.74, 6) is 1.92. The van der Waals surface area contributed by atoms with E-state index in [2.05, 4.69) is 15.3 Å². The Hall–Kier alpha value is -3.19. The molecule has 7 heteroatoms. The molecule has 0 aliphatic heterocycles. The summed E-state index contributed by atoms with van der Waals surface area (Å²) in [6.45, 7) is 3.69. The van der Waals surface area contributed by atoms with E-state index >= 15 is 0 Å². The van der Waals surface area contributed by atoms with Crippen LogP contribution in [0, 0.1) is 13.8 Å². The number of fused-ring (bicyclic) bond motifs is 1. The lowest BCUT2D eigenvalue weighted by Crippen LogP contribution is -2.12. The molecule has 0 fully saturated rings. The number of amides is 1. The predicted octanol–water partition coefficient (Wildman–Crippen LogP) is 4.83. The molecule has 3 heterocycles. The molecule has 6 nitrogen and oxygen atoms in total. The third kappa shape index (κ3) is 3.17. The molecular weight excluding hydrogens is 362 g/mol. The lowest BCUT2D eigenvalue weighted by atomic mass is 10.1. The fraction of sp³-hybridized carbons (Fsp3) is 0.150. The van der Waals surface area contributed by atoms with Gasteiger partial charge in [-0.2, -0.15) is 0 Å². The monoisotopic (exact) mass is 379 g/mol. The van der Waals surface area contributed by atoms with Gasteiger partial charge in [-0.25, -0.2) is 4.98 Å². The number of rotatable bonds is 4. The Balaban J connectivity index is 1.67. The Morgan fingerprint density at radius 1 is 1.19 bits per heavy atom. The number of anilines is 1. The van der Waals surface area contributed by atoms with Crippen molar-refractivity contribution >= 4 is 33.8 Å². The molecule has 136 valence electrons. The van der Waals surface area contributed by atoms with Crippen molar-refractivity contribution in [1.82, 2.24) is 9.97 Å². The predicted molar refractivity (Wildman–Crippen MR) is 106 cm³/mol. The van der Waals surface area contributed by atoms with Crippen molar-refractivity contribution in [3.63, 3.8) is 0 Å². The molecular formula is C20H17N3O3S. The first-order valence-electron chi connectivity index (χ1n) is 8.34. The van der Waals surface area contributed by atoms with Gasteiger partial charge in [0.1, 0.15) is 21.9 Å². The van der Waals surface area contributed by atoms with E-state index in [0.29, 0.717) is 38.3 Å². The number of pyridine rings is 1. The van der Waals surface area contributed by atoms with Gasteiger partial charge < -0.3 is 14.5 Å². The summed E-state index contributed by atoms with van der Waals surface area (Å²) < 4.78 is 11.0. The summed E-state index contributed by atoms with van der Waals surface area (Å²) >= 11 is 1.31. The number of aromatic nitrogens is 2. The van der Waals surface area contributed by atoms with Crippen molar-refractivity contribution in [2.45, 2.75) is 13.8 Å². The van der Waals surface area contributed by atoms with Crippen LogP contribution in [0.25, 0.3) is 21.7 Å². The van der Waals surface area contributed by atoms with Gasteiger partial charge in [0, 0.05) is 11.6 Å². The number of benzene rings is 1. The van der Waals surface area contributed by atoms with Gasteiger partial charge in [0.05, 0.1) is 18.5 Å². The normalized spacial score (nSPS) is 10.9. The SMILES string of the molecule is COc1ccc(NC(=O)c2sc(-c3ccc(C)o3)nc2C)c2cccnc12. The Morgan fingerprint density at radius 3 is 2.78 bits per heavy atom. The third-order valence-electron chi connectivity index (χ3n) is 4.15. The van der Waals surface area contributed by atoms with E-state index in [1.807, 2.05) is 44.2 Å². The van der Waals surface area contributed by atoms with E-state index in [1.54, 1.807) is 19.4 Å². The van der Waals surface area contributed by atoms with Crippen LogP contribution in [0.1, 0.15) is 21.1 Å². The number of thiazole rings is 1. The quantitative estimate of drug-likeness (QED) is 0.549. The van der Waals surface area contributed by atoms with Gasteiger partial charge in [0.25, 0.3) is 5.91 Å². The van der Waals surface area contributed by atoms with Crippen molar-refractivity contribution in [2.75, 3.05) is 12.4 Å². The van der Waals surface area contributed by atoms with E-state index in [-0.39, 0.29) is 5.91 Å². The Bertz CT molecular complexity index is 1150. The summed E-state index contributed by atoms with van der Waals surface area (Å²) in [5.41, 5.74) is 2.04. The molecule has 0 spiro atoms. The minimum atomic E-state index is -0.213. The summed E-state index contributed by atoms with van der Waals surface area (Å²) in [6.07, 6.45) is 1.70. The number of nitrogens with zero attached hydrogens (tertiary/aromatic N) is 2. The molecule has 0 saturated heterocycles. The van der Waals surface area contributed by atoms with E-state index in [1.165, 1.54) is 11.3 Å². The number of aryl methyl sites for hydroxylation is 2. The molecule has 1 N–H and O–H groups in total. The smallest absolute Gasteiger partial charge is 0.267 e. The van der Waals surface area contributed by atoms with E-state index in [0.717, 1.165) is 11.1 Å². The molecule has 3 aromatic heterocycles. The van der Waals surface area contributed by atoms with Crippen molar-refractivity contribution in [1.29, 1.82) is 0 Å². The average Bonchev–Trinajstić information content (AvgIpc) is 3.27. The van der Waals surface area contributed by atoms with Crippen LogP contribution in [0.3, 0.4) is 0 Å². The zero-order valence-corrected chi connectivity index (χ0v) is 15.9. The lowest BCUT2D eigenvalue weighted by Gasteiger charge is -2.10. The van der Waals surface area contributed by atoms with E-state index in [9.17, 15) is 4.79 Å². The van der Waals surface area contributed by atoms with Crippen LogP contribution in [0.4, 0.5) is 5.69 Å². The highest BCUT2D eigenvalue weighted by Gasteiger charge is 2.19. The number of ether oxygens (including phenoxy) is 1. The summed E-state index contributed by atoms with van der Waals surface area (Å²) in [4.78, 5) is 22.2. The maximum Gasteiger partial charge on any atom is 0.267 e. The van der Waals surface area contributed by atoms with Gasteiger partial charge in [-0.15, -0.1) is 11.3 Å². The van der Waals surface area contributed by atoms with Gasteiger partial charge >= 0.3 is 0 Å². The van der Waals surface area contributed by atoms with Crippen LogP contribution in [-0.2, 0) is 0 Å². The Morgan fingerprint density at radius 2 is 2.04 bits per heavy atom. The van der Waals surface area contributed by atoms with Crippen LogP contribution in [0.15, 0.2) is 47.0 Å². The number of hydrogen-bond acceptors (Lipinski definition) is 6. The van der Waals surface area contributed by atoms with E-state index in [4.69, 9.17) is 9.15 Å². The first kappa shape index (κ1) is 17.2. The molecule has 0 radical (unpaired) electrons. The minimum Gasteiger partial charge on any atom is -0.494 e. The lowest BCUT2D eigenvalue weighted by molar-refractivity contribution is 0.103. The molecule has 1 amide bonds. The molecule has 1 aromatic carbocycles. The number of carbonyl (C=O) groups is 1. The van der Waals surface area contributed by atoms with Gasteiger partial charge in [0.15, 0.2) is 10.8 Å². The van der Waals surface area contributed by atoms with Crippen LogP contribution in [0.5, 0.6) is 5.75 Å². The topological polar surface area (TPSA) is 77.2 Å². The molecule has 0 aliphatic rings. The second kappa shape index (κ2) is 6.85. The van der Waals surface area contributed by atoms with Gasteiger partial charge in [-0.1, -0.05) is 0 Å². The molecule has 0 saturated carbocycles. The molecule has 4 rings (SSSR count). The highest BCUT2D eigenvalue weighted by atomic mass is 32.1. The first-order chi connectivity index (χ1) is 13.1.